The average Bonchev–Trinajstić information content (AvgIpc) is 2.85. The van der Waals surface area contributed by atoms with Crippen LogP contribution < -0.4 is 5.32 Å². The van der Waals surface area contributed by atoms with Gasteiger partial charge in [0.05, 0.1) is 6.04 Å². The second kappa shape index (κ2) is 8.09. The van der Waals surface area contributed by atoms with Crippen molar-refractivity contribution in [1.29, 1.82) is 0 Å². The largest absolute Gasteiger partial charge is 0.315 e. The van der Waals surface area contributed by atoms with Crippen LogP contribution in [0.1, 0.15) is 36.1 Å². The molecule has 23 heavy (non-hydrogen) atoms. The van der Waals surface area contributed by atoms with Gasteiger partial charge in [-0.15, -0.1) is 0 Å². The number of hydrogen-bond acceptors (Lipinski definition) is 2. The minimum atomic E-state index is 0.332. The molecular weight excluding hydrogens is 348 g/mol. The molecule has 3 rings (SSSR count). The van der Waals surface area contributed by atoms with Crippen LogP contribution >= 0.6 is 15.9 Å². The number of nitrogens with one attached hydrogen (secondary N) is 1. The van der Waals surface area contributed by atoms with E-state index in [4.69, 9.17) is 0 Å². The highest BCUT2D eigenvalue weighted by atomic mass is 79.9. The van der Waals surface area contributed by atoms with E-state index in [-0.39, 0.29) is 0 Å². The number of nitrogens with zero attached hydrogens (tertiary/aromatic N) is 1. The van der Waals surface area contributed by atoms with Crippen LogP contribution in [0.4, 0.5) is 0 Å². The Morgan fingerprint density at radius 2 is 1.87 bits per heavy atom. The highest BCUT2D eigenvalue weighted by Crippen LogP contribution is 2.31. The lowest BCUT2D eigenvalue weighted by Gasteiger charge is -2.31. The summed E-state index contributed by atoms with van der Waals surface area (Å²) in [6.45, 7) is 6.63. The molecule has 122 valence electrons. The monoisotopic (exact) mass is 372 g/mol. The molecule has 2 aromatic rings. The van der Waals surface area contributed by atoms with Gasteiger partial charge >= 0.3 is 0 Å². The number of halogens is 1. The molecule has 1 atom stereocenters. The highest BCUT2D eigenvalue weighted by Gasteiger charge is 2.23. The second-order valence-electron chi connectivity index (χ2n) is 6.19. The molecule has 0 bridgehead atoms. The maximum Gasteiger partial charge on any atom is 0.0602 e. The summed E-state index contributed by atoms with van der Waals surface area (Å²) in [7, 11) is 0. The van der Waals surface area contributed by atoms with Crippen LogP contribution in [0.15, 0.2) is 53.0 Å². The van der Waals surface area contributed by atoms with Crippen LogP contribution in [0.25, 0.3) is 0 Å². The van der Waals surface area contributed by atoms with E-state index in [1.54, 1.807) is 0 Å². The summed E-state index contributed by atoms with van der Waals surface area (Å²) in [5, 5.41) is 3.51. The van der Waals surface area contributed by atoms with Crippen molar-refractivity contribution in [2.75, 3.05) is 26.2 Å². The summed E-state index contributed by atoms with van der Waals surface area (Å²) < 4.78 is 1.15. The Kier molecular flexibility index (Phi) is 5.87. The maximum atomic E-state index is 3.63. The molecule has 0 saturated carbocycles. The number of benzene rings is 2. The predicted octanol–water partition coefficient (Wildman–Crippen LogP) is 4.40. The lowest BCUT2D eigenvalue weighted by molar-refractivity contribution is 0.241. The molecule has 0 aromatic heterocycles. The molecule has 3 heteroatoms. The van der Waals surface area contributed by atoms with Gasteiger partial charge < -0.3 is 5.32 Å². The van der Waals surface area contributed by atoms with Crippen molar-refractivity contribution >= 4 is 15.9 Å². The maximum absolute atomic E-state index is 3.63. The normalized spacial score (nSPS) is 17.7. The van der Waals surface area contributed by atoms with Crippen LogP contribution in [0.5, 0.6) is 0 Å². The number of aryl methyl sites for hydroxylation is 1. The fourth-order valence-electron chi connectivity index (χ4n) is 3.35. The SMILES string of the molecule is CCc1ccc(C(c2cccc(Br)c2)N2CCCNCC2)cc1. The van der Waals surface area contributed by atoms with E-state index in [1.807, 2.05) is 0 Å². The van der Waals surface area contributed by atoms with Gasteiger partial charge in [0.25, 0.3) is 0 Å². The Morgan fingerprint density at radius 3 is 2.61 bits per heavy atom. The van der Waals surface area contributed by atoms with Gasteiger partial charge in [-0.05, 0) is 48.2 Å². The van der Waals surface area contributed by atoms with Gasteiger partial charge in [0.2, 0.25) is 0 Å². The van der Waals surface area contributed by atoms with E-state index < -0.39 is 0 Å². The Balaban J connectivity index is 1.97. The zero-order valence-electron chi connectivity index (χ0n) is 13.8. The summed E-state index contributed by atoms with van der Waals surface area (Å²) in [6.07, 6.45) is 2.30. The predicted molar refractivity (Wildman–Crippen MR) is 101 cm³/mol. The Hall–Kier alpha value is -1.16. The highest BCUT2D eigenvalue weighted by molar-refractivity contribution is 9.10. The second-order valence-corrected chi connectivity index (χ2v) is 7.11. The van der Waals surface area contributed by atoms with E-state index >= 15 is 0 Å². The van der Waals surface area contributed by atoms with Crippen LogP contribution in [-0.4, -0.2) is 31.1 Å². The standard InChI is InChI=1S/C20H25BrN2/c1-2-16-7-9-17(10-8-16)20(18-5-3-6-19(21)15-18)23-13-4-11-22-12-14-23/h3,5-10,15,20,22H,2,4,11-14H2,1H3. The van der Waals surface area contributed by atoms with Crippen LogP contribution in [0, 0.1) is 0 Å². The molecule has 0 aliphatic carbocycles. The third kappa shape index (κ3) is 4.23. The van der Waals surface area contributed by atoms with Crippen molar-refractivity contribution in [3.05, 3.63) is 69.7 Å². The van der Waals surface area contributed by atoms with Crippen molar-refractivity contribution < 1.29 is 0 Å². The molecule has 1 aliphatic heterocycles. The van der Waals surface area contributed by atoms with Gasteiger partial charge in [-0.2, -0.15) is 0 Å². The molecule has 1 aliphatic rings. The molecule has 1 heterocycles. The van der Waals surface area contributed by atoms with Gasteiger partial charge in [-0.25, -0.2) is 0 Å². The first-order valence-corrected chi connectivity index (χ1v) is 9.36. The molecule has 1 fully saturated rings. The quantitative estimate of drug-likeness (QED) is 0.855. The van der Waals surface area contributed by atoms with Crippen molar-refractivity contribution in [3.8, 4) is 0 Å². The van der Waals surface area contributed by atoms with E-state index in [9.17, 15) is 0 Å². The fourth-order valence-corrected chi connectivity index (χ4v) is 3.77. The molecule has 2 nitrogen and oxygen atoms in total. The summed E-state index contributed by atoms with van der Waals surface area (Å²) in [5.74, 6) is 0. The lowest BCUT2D eigenvalue weighted by Crippen LogP contribution is -2.33. The Bertz CT molecular complexity index is 616. The fraction of sp³-hybridized carbons (Fsp3) is 0.400. The van der Waals surface area contributed by atoms with Gasteiger partial charge in [-0.1, -0.05) is 59.3 Å². The molecule has 0 radical (unpaired) electrons. The van der Waals surface area contributed by atoms with Crippen LogP contribution in [0.3, 0.4) is 0 Å². The Morgan fingerprint density at radius 1 is 1.04 bits per heavy atom. The smallest absolute Gasteiger partial charge is 0.0602 e. The van der Waals surface area contributed by atoms with Crippen LogP contribution in [0.2, 0.25) is 0 Å². The van der Waals surface area contributed by atoms with Crippen molar-refractivity contribution in [3.63, 3.8) is 0 Å². The van der Waals surface area contributed by atoms with Gasteiger partial charge in [0.15, 0.2) is 0 Å². The molecule has 2 aromatic carbocycles. The van der Waals surface area contributed by atoms with E-state index in [2.05, 4.69) is 81.6 Å². The summed E-state index contributed by atoms with van der Waals surface area (Å²) in [5.41, 5.74) is 4.16. The zero-order chi connectivity index (χ0) is 16.1. The zero-order valence-corrected chi connectivity index (χ0v) is 15.3. The Labute approximate surface area is 148 Å². The molecule has 0 amide bonds. The third-order valence-corrected chi connectivity index (χ3v) is 5.10. The molecule has 1 unspecified atom stereocenters. The van der Waals surface area contributed by atoms with Crippen molar-refractivity contribution in [2.45, 2.75) is 25.8 Å². The average molecular weight is 373 g/mol. The van der Waals surface area contributed by atoms with E-state index in [1.165, 1.54) is 23.1 Å². The lowest BCUT2D eigenvalue weighted by atomic mass is 9.95. The molecule has 0 spiro atoms. The first-order chi connectivity index (χ1) is 11.3. The van der Waals surface area contributed by atoms with E-state index in [0.29, 0.717) is 6.04 Å². The number of rotatable bonds is 4. The first-order valence-electron chi connectivity index (χ1n) is 8.57. The minimum Gasteiger partial charge on any atom is -0.315 e. The topological polar surface area (TPSA) is 15.3 Å². The van der Waals surface area contributed by atoms with Crippen molar-refractivity contribution in [2.24, 2.45) is 0 Å². The van der Waals surface area contributed by atoms with Crippen molar-refractivity contribution in [1.82, 2.24) is 10.2 Å². The summed E-state index contributed by atoms with van der Waals surface area (Å²) in [6, 6.07) is 18.3. The first kappa shape index (κ1) is 16.7. The van der Waals surface area contributed by atoms with Gasteiger partial charge in [0.1, 0.15) is 0 Å². The number of hydrogen-bond donors (Lipinski definition) is 1. The summed E-state index contributed by atoms with van der Waals surface area (Å²) >= 11 is 3.63. The summed E-state index contributed by atoms with van der Waals surface area (Å²) in [4.78, 5) is 2.61. The molecule has 1 saturated heterocycles. The van der Waals surface area contributed by atoms with Gasteiger partial charge in [0, 0.05) is 24.1 Å². The van der Waals surface area contributed by atoms with Crippen LogP contribution in [-0.2, 0) is 6.42 Å². The van der Waals surface area contributed by atoms with E-state index in [0.717, 1.165) is 37.1 Å². The van der Waals surface area contributed by atoms with Gasteiger partial charge in [-0.3, -0.25) is 4.90 Å². The third-order valence-electron chi connectivity index (χ3n) is 4.61. The minimum absolute atomic E-state index is 0.332. The molecule has 1 N–H and O–H groups in total. The molecular formula is C20H25BrN2.